The number of alkyl halides is 3. The summed E-state index contributed by atoms with van der Waals surface area (Å²) < 4.78 is 39.4. The van der Waals surface area contributed by atoms with E-state index >= 15 is 0 Å². The SMILES string of the molecule is C=CCOC(=O)CCNC(=O)C(F)(F)F. The van der Waals surface area contributed by atoms with Crippen molar-refractivity contribution in [2.45, 2.75) is 12.6 Å². The molecule has 0 heterocycles. The first-order valence-corrected chi connectivity index (χ1v) is 3.99. The molecule has 0 bridgehead atoms. The minimum Gasteiger partial charge on any atom is -0.461 e. The molecule has 86 valence electrons. The van der Waals surface area contributed by atoms with E-state index in [1.807, 2.05) is 0 Å². The van der Waals surface area contributed by atoms with Crippen molar-refractivity contribution in [1.29, 1.82) is 0 Å². The average Bonchev–Trinajstić information content (AvgIpc) is 2.13. The number of hydrogen-bond donors (Lipinski definition) is 1. The van der Waals surface area contributed by atoms with Crippen LogP contribution >= 0.6 is 0 Å². The Bertz CT molecular complexity index is 250. The summed E-state index contributed by atoms with van der Waals surface area (Å²) in [4.78, 5) is 21.0. The second-order valence-electron chi connectivity index (χ2n) is 2.48. The number of ether oxygens (including phenoxy) is 1. The molecule has 0 saturated heterocycles. The zero-order chi connectivity index (χ0) is 11.9. The van der Waals surface area contributed by atoms with Gasteiger partial charge in [0.1, 0.15) is 6.61 Å². The van der Waals surface area contributed by atoms with Crippen molar-refractivity contribution in [1.82, 2.24) is 5.32 Å². The summed E-state index contributed by atoms with van der Waals surface area (Å²) in [6, 6.07) is 0. The van der Waals surface area contributed by atoms with E-state index in [4.69, 9.17) is 0 Å². The average molecular weight is 225 g/mol. The van der Waals surface area contributed by atoms with Gasteiger partial charge in [0.15, 0.2) is 0 Å². The molecule has 0 aromatic heterocycles. The molecule has 0 aliphatic carbocycles. The number of amides is 1. The van der Waals surface area contributed by atoms with Gasteiger partial charge >= 0.3 is 18.1 Å². The number of halogens is 3. The highest BCUT2D eigenvalue weighted by molar-refractivity contribution is 5.82. The molecule has 0 aromatic carbocycles. The predicted molar refractivity (Wildman–Crippen MR) is 44.8 cm³/mol. The van der Waals surface area contributed by atoms with Crippen LogP contribution in [0.3, 0.4) is 0 Å². The monoisotopic (exact) mass is 225 g/mol. The van der Waals surface area contributed by atoms with Crippen LogP contribution in [0, 0.1) is 0 Å². The summed E-state index contributed by atoms with van der Waals surface area (Å²) in [7, 11) is 0. The molecule has 0 unspecified atom stereocenters. The number of hydrogen-bond acceptors (Lipinski definition) is 3. The molecule has 15 heavy (non-hydrogen) atoms. The van der Waals surface area contributed by atoms with Crippen molar-refractivity contribution in [2.75, 3.05) is 13.2 Å². The highest BCUT2D eigenvalue weighted by Gasteiger charge is 2.38. The third-order valence-electron chi connectivity index (χ3n) is 1.23. The van der Waals surface area contributed by atoms with Gasteiger partial charge in [-0.15, -0.1) is 0 Å². The maximum Gasteiger partial charge on any atom is 0.471 e. The van der Waals surface area contributed by atoms with Gasteiger partial charge in [-0.3, -0.25) is 9.59 Å². The van der Waals surface area contributed by atoms with Crippen molar-refractivity contribution in [2.24, 2.45) is 0 Å². The Kier molecular flexibility index (Phi) is 5.43. The summed E-state index contributed by atoms with van der Waals surface area (Å²) in [5.74, 6) is -2.77. The number of esters is 1. The minimum atomic E-state index is -4.93. The summed E-state index contributed by atoms with van der Waals surface area (Å²) >= 11 is 0. The third-order valence-corrected chi connectivity index (χ3v) is 1.23. The first-order valence-electron chi connectivity index (χ1n) is 3.99. The Morgan fingerprint density at radius 1 is 1.40 bits per heavy atom. The van der Waals surface area contributed by atoms with Gasteiger partial charge in [-0.25, -0.2) is 0 Å². The summed E-state index contributed by atoms with van der Waals surface area (Å²) in [6.45, 7) is 2.86. The lowest BCUT2D eigenvalue weighted by Crippen LogP contribution is -2.37. The number of carbonyl (C=O) groups excluding carboxylic acids is 2. The van der Waals surface area contributed by atoms with E-state index in [9.17, 15) is 22.8 Å². The van der Waals surface area contributed by atoms with Gasteiger partial charge in [0, 0.05) is 6.54 Å². The van der Waals surface area contributed by atoms with Gasteiger partial charge in [-0.05, 0) is 0 Å². The van der Waals surface area contributed by atoms with E-state index in [2.05, 4.69) is 11.3 Å². The van der Waals surface area contributed by atoms with Gasteiger partial charge in [-0.1, -0.05) is 12.7 Å². The zero-order valence-electron chi connectivity index (χ0n) is 7.76. The maximum absolute atomic E-state index is 11.6. The number of nitrogens with one attached hydrogen (secondary N) is 1. The number of rotatable bonds is 5. The van der Waals surface area contributed by atoms with E-state index in [0.717, 1.165) is 0 Å². The third kappa shape index (κ3) is 6.53. The summed E-state index contributed by atoms with van der Waals surface area (Å²) in [6.07, 6.45) is -3.91. The molecule has 0 radical (unpaired) electrons. The Morgan fingerprint density at radius 3 is 2.47 bits per heavy atom. The minimum absolute atomic E-state index is 0.00789. The molecule has 0 atom stereocenters. The molecular weight excluding hydrogens is 215 g/mol. The van der Waals surface area contributed by atoms with Gasteiger partial charge < -0.3 is 10.1 Å². The fourth-order valence-electron chi connectivity index (χ4n) is 0.602. The van der Waals surface area contributed by atoms with Gasteiger partial charge in [-0.2, -0.15) is 13.2 Å². The molecule has 0 saturated carbocycles. The Hall–Kier alpha value is -1.53. The molecular formula is C8H10F3NO3. The molecule has 7 heteroatoms. The second-order valence-corrected chi connectivity index (χ2v) is 2.48. The van der Waals surface area contributed by atoms with Crippen LogP contribution in [0.2, 0.25) is 0 Å². The van der Waals surface area contributed by atoms with Crippen molar-refractivity contribution < 1.29 is 27.5 Å². The van der Waals surface area contributed by atoms with Crippen LogP contribution < -0.4 is 5.32 Å². The van der Waals surface area contributed by atoms with Gasteiger partial charge in [0.2, 0.25) is 0 Å². The number of carbonyl (C=O) groups is 2. The van der Waals surface area contributed by atoms with Crippen LogP contribution in [0.4, 0.5) is 13.2 Å². The molecule has 0 fully saturated rings. The summed E-state index contributed by atoms with van der Waals surface area (Å²) in [5, 5.41) is 1.54. The smallest absolute Gasteiger partial charge is 0.461 e. The normalized spacial score (nSPS) is 10.6. The van der Waals surface area contributed by atoms with Crippen LogP contribution in [0.5, 0.6) is 0 Å². The highest BCUT2D eigenvalue weighted by Crippen LogP contribution is 2.13. The van der Waals surface area contributed by atoms with E-state index in [-0.39, 0.29) is 13.0 Å². The van der Waals surface area contributed by atoms with E-state index < -0.39 is 24.6 Å². The molecule has 4 nitrogen and oxygen atoms in total. The Balaban J connectivity index is 3.66. The van der Waals surface area contributed by atoms with E-state index in [0.29, 0.717) is 0 Å². The molecule has 1 N–H and O–H groups in total. The zero-order valence-corrected chi connectivity index (χ0v) is 7.76. The molecule has 0 rings (SSSR count). The maximum atomic E-state index is 11.6. The van der Waals surface area contributed by atoms with Crippen LogP contribution in [-0.2, 0) is 14.3 Å². The fraction of sp³-hybridized carbons (Fsp3) is 0.500. The fourth-order valence-corrected chi connectivity index (χ4v) is 0.602. The first kappa shape index (κ1) is 13.5. The van der Waals surface area contributed by atoms with Crippen LogP contribution in [0.25, 0.3) is 0 Å². The highest BCUT2D eigenvalue weighted by atomic mass is 19.4. The largest absolute Gasteiger partial charge is 0.471 e. The molecule has 0 aromatic rings. The van der Waals surface area contributed by atoms with Crippen LogP contribution in [0.15, 0.2) is 12.7 Å². The lowest BCUT2D eigenvalue weighted by Gasteiger charge is -2.07. The standard InChI is InChI=1S/C8H10F3NO3/c1-2-5-15-6(13)3-4-12-7(14)8(9,10)11/h2H,1,3-5H2,(H,12,14). The van der Waals surface area contributed by atoms with E-state index in [1.165, 1.54) is 11.4 Å². The van der Waals surface area contributed by atoms with Crippen molar-refractivity contribution >= 4 is 11.9 Å². The van der Waals surface area contributed by atoms with Crippen LogP contribution in [0.1, 0.15) is 6.42 Å². The molecule has 1 amide bonds. The molecule has 0 aliphatic rings. The molecule has 0 spiro atoms. The topological polar surface area (TPSA) is 55.4 Å². The van der Waals surface area contributed by atoms with Gasteiger partial charge in [0.25, 0.3) is 0 Å². The van der Waals surface area contributed by atoms with E-state index in [1.54, 1.807) is 0 Å². The first-order chi connectivity index (χ1) is 6.88. The Morgan fingerprint density at radius 2 is 2.00 bits per heavy atom. The van der Waals surface area contributed by atoms with Gasteiger partial charge in [0.05, 0.1) is 6.42 Å². The van der Waals surface area contributed by atoms with Crippen LogP contribution in [-0.4, -0.2) is 31.2 Å². The molecule has 0 aliphatic heterocycles. The quantitative estimate of drug-likeness (QED) is 0.555. The van der Waals surface area contributed by atoms with Crippen molar-refractivity contribution in [3.05, 3.63) is 12.7 Å². The van der Waals surface area contributed by atoms with Crippen molar-refractivity contribution in [3.63, 3.8) is 0 Å². The van der Waals surface area contributed by atoms with Crippen molar-refractivity contribution in [3.8, 4) is 0 Å². The predicted octanol–water partition coefficient (Wildman–Crippen LogP) is 0.784. The lowest BCUT2D eigenvalue weighted by atomic mass is 10.4. The lowest BCUT2D eigenvalue weighted by molar-refractivity contribution is -0.173. The Labute approximate surface area is 84.1 Å². The summed E-state index contributed by atoms with van der Waals surface area (Å²) in [5.41, 5.74) is 0. The second kappa shape index (κ2) is 6.05.